The van der Waals surface area contributed by atoms with Gasteiger partial charge < -0.3 is 19.5 Å². The zero-order valence-corrected chi connectivity index (χ0v) is 14.9. The lowest BCUT2D eigenvalue weighted by Crippen LogP contribution is -2.30. The molecule has 0 atom stereocenters. The average molecular weight is 378 g/mol. The number of nitrogens with zero attached hydrogens (tertiary/aromatic N) is 1. The number of amides is 1. The topological polar surface area (TPSA) is 99.9 Å². The maximum atomic E-state index is 13.2. The fraction of sp³-hybridized carbons (Fsp3) is 0.278. The zero-order chi connectivity index (χ0) is 19.8. The number of carbonyl (C=O) groups is 1. The first kappa shape index (κ1) is 20.0. The molecule has 0 aliphatic carbocycles. The molecule has 0 fully saturated rings. The number of carbonyl (C=O) groups excluding carboxylic acids is 1. The monoisotopic (exact) mass is 378 g/mol. The van der Waals surface area contributed by atoms with E-state index in [1.165, 1.54) is 7.11 Å². The quantitative estimate of drug-likeness (QED) is 0.532. The van der Waals surface area contributed by atoms with E-state index in [9.17, 15) is 19.3 Å². The highest BCUT2D eigenvalue weighted by atomic mass is 19.1. The van der Waals surface area contributed by atoms with Crippen LogP contribution in [0.3, 0.4) is 0 Å². The summed E-state index contributed by atoms with van der Waals surface area (Å²) in [5, 5.41) is 13.5. The first-order valence-electron chi connectivity index (χ1n) is 7.99. The number of nitro groups is 1. The second kappa shape index (κ2) is 9.37. The summed E-state index contributed by atoms with van der Waals surface area (Å²) in [5.41, 5.74) is 0.518. The molecule has 2 aromatic rings. The lowest BCUT2D eigenvalue weighted by atomic mass is 10.1. The van der Waals surface area contributed by atoms with Crippen LogP contribution in [0.25, 0.3) is 0 Å². The third kappa shape index (κ3) is 5.56. The Balaban J connectivity index is 1.85. The van der Waals surface area contributed by atoms with Crippen LogP contribution < -0.4 is 19.5 Å². The first-order chi connectivity index (χ1) is 12.9. The highest BCUT2D eigenvalue weighted by Crippen LogP contribution is 2.28. The number of nitro benzene ring substituents is 1. The second-order valence-corrected chi connectivity index (χ2v) is 5.45. The summed E-state index contributed by atoms with van der Waals surface area (Å²) < 4.78 is 28.7. The van der Waals surface area contributed by atoms with Gasteiger partial charge in [0, 0.05) is 18.7 Å². The number of halogens is 1. The Morgan fingerprint density at radius 1 is 1.11 bits per heavy atom. The summed E-state index contributed by atoms with van der Waals surface area (Å²) >= 11 is 0. The molecule has 1 amide bonds. The molecule has 0 bridgehead atoms. The van der Waals surface area contributed by atoms with Crippen molar-refractivity contribution in [2.45, 2.75) is 6.42 Å². The van der Waals surface area contributed by atoms with E-state index in [-0.39, 0.29) is 5.75 Å². The lowest BCUT2D eigenvalue weighted by Gasteiger charge is -2.10. The van der Waals surface area contributed by atoms with Crippen LogP contribution in [0.1, 0.15) is 5.56 Å². The number of hydrogen-bond acceptors (Lipinski definition) is 6. The van der Waals surface area contributed by atoms with E-state index in [1.807, 2.05) is 6.07 Å². The molecule has 2 rings (SSSR count). The van der Waals surface area contributed by atoms with Gasteiger partial charge in [0.25, 0.3) is 5.91 Å². The Kier molecular flexibility index (Phi) is 6.93. The van der Waals surface area contributed by atoms with Gasteiger partial charge in [-0.3, -0.25) is 14.9 Å². The molecule has 9 heteroatoms. The van der Waals surface area contributed by atoms with Crippen LogP contribution in [0.4, 0.5) is 10.1 Å². The minimum atomic E-state index is -0.705. The standard InChI is InChI=1S/C18H19FN2O6/c1-25-15-6-3-12(9-17(15)26-2)7-8-20-18(22)11-27-16-10-13(19)4-5-14(16)21(23)24/h3-6,9-10H,7-8,11H2,1-2H3,(H,20,22). The van der Waals surface area contributed by atoms with Crippen molar-refractivity contribution in [2.24, 2.45) is 0 Å². The van der Waals surface area contributed by atoms with Crippen LogP contribution in [0.15, 0.2) is 36.4 Å². The van der Waals surface area contributed by atoms with Crippen molar-refractivity contribution in [3.63, 3.8) is 0 Å². The lowest BCUT2D eigenvalue weighted by molar-refractivity contribution is -0.385. The van der Waals surface area contributed by atoms with Crippen LogP contribution in [0.2, 0.25) is 0 Å². The van der Waals surface area contributed by atoms with Gasteiger partial charge in [-0.25, -0.2) is 4.39 Å². The third-order valence-electron chi connectivity index (χ3n) is 3.66. The van der Waals surface area contributed by atoms with Crippen LogP contribution in [0.5, 0.6) is 17.2 Å². The summed E-state index contributed by atoms with van der Waals surface area (Å²) in [6, 6.07) is 8.22. The van der Waals surface area contributed by atoms with E-state index in [0.717, 1.165) is 23.8 Å². The van der Waals surface area contributed by atoms with E-state index < -0.39 is 28.9 Å². The maximum absolute atomic E-state index is 13.2. The van der Waals surface area contributed by atoms with Crippen LogP contribution in [0, 0.1) is 15.9 Å². The number of ether oxygens (including phenoxy) is 3. The largest absolute Gasteiger partial charge is 0.493 e. The Labute approximate surface area is 155 Å². The molecule has 144 valence electrons. The first-order valence-corrected chi connectivity index (χ1v) is 7.99. The third-order valence-corrected chi connectivity index (χ3v) is 3.66. The van der Waals surface area contributed by atoms with Crippen molar-refractivity contribution in [2.75, 3.05) is 27.4 Å². The molecule has 0 aliphatic rings. The van der Waals surface area contributed by atoms with Gasteiger partial charge >= 0.3 is 5.69 Å². The highest BCUT2D eigenvalue weighted by molar-refractivity contribution is 5.77. The van der Waals surface area contributed by atoms with Gasteiger partial charge in [-0.15, -0.1) is 0 Å². The minimum absolute atomic E-state index is 0.296. The van der Waals surface area contributed by atoms with E-state index in [4.69, 9.17) is 14.2 Å². The Hall–Kier alpha value is -3.36. The highest BCUT2D eigenvalue weighted by Gasteiger charge is 2.17. The second-order valence-electron chi connectivity index (χ2n) is 5.45. The molecule has 27 heavy (non-hydrogen) atoms. The average Bonchev–Trinajstić information content (AvgIpc) is 2.66. The summed E-state index contributed by atoms with van der Waals surface area (Å²) in [5.74, 6) is -0.271. The van der Waals surface area contributed by atoms with Crippen molar-refractivity contribution < 1.29 is 28.3 Å². The van der Waals surface area contributed by atoms with Gasteiger partial charge in [0.1, 0.15) is 5.82 Å². The molecule has 0 aliphatic heterocycles. The van der Waals surface area contributed by atoms with Gasteiger partial charge in [0.15, 0.2) is 18.1 Å². The molecule has 0 heterocycles. The van der Waals surface area contributed by atoms with Gasteiger partial charge in [-0.05, 0) is 30.2 Å². The van der Waals surface area contributed by atoms with Crippen LogP contribution in [-0.4, -0.2) is 38.2 Å². The Morgan fingerprint density at radius 3 is 2.52 bits per heavy atom. The van der Waals surface area contributed by atoms with Crippen LogP contribution in [-0.2, 0) is 11.2 Å². The van der Waals surface area contributed by atoms with Crippen molar-refractivity contribution in [3.8, 4) is 17.2 Å². The van der Waals surface area contributed by atoms with Crippen molar-refractivity contribution in [1.82, 2.24) is 5.32 Å². The van der Waals surface area contributed by atoms with Crippen molar-refractivity contribution in [3.05, 3.63) is 57.9 Å². The smallest absolute Gasteiger partial charge is 0.311 e. The number of nitrogens with one attached hydrogen (secondary N) is 1. The molecule has 0 saturated carbocycles. The molecule has 0 spiro atoms. The molecule has 0 radical (unpaired) electrons. The molecule has 0 unspecified atom stereocenters. The predicted molar refractivity (Wildman–Crippen MR) is 94.8 cm³/mol. The van der Waals surface area contributed by atoms with E-state index in [0.29, 0.717) is 24.5 Å². The normalized spacial score (nSPS) is 10.2. The van der Waals surface area contributed by atoms with Crippen molar-refractivity contribution >= 4 is 11.6 Å². The molecule has 1 N–H and O–H groups in total. The fourth-order valence-corrected chi connectivity index (χ4v) is 2.33. The number of hydrogen-bond donors (Lipinski definition) is 1. The predicted octanol–water partition coefficient (Wildman–Crippen LogP) is 2.49. The molecule has 8 nitrogen and oxygen atoms in total. The van der Waals surface area contributed by atoms with E-state index in [2.05, 4.69) is 5.32 Å². The van der Waals surface area contributed by atoms with Crippen LogP contribution >= 0.6 is 0 Å². The Bertz CT molecular complexity index is 827. The minimum Gasteiger partial charge on any atom is -0.493 e. The Morgan fingerprint density at radius 2 is 1.85 bits per heavy atom. The van der Waals surface area contributed by atoms with Gasteiger partial charge in [0.2, 0.25) is 5.75 Å². The van der Waals surface area contributed by atoms with Gasteiger partial charge in [0.05, 0.1) is 19.1 Å². The summed E-state index contributed by atoms with van der Waals surface area (Å²) in [7, 11) is 3.08. The maximum Gasteiger partial charge on any atom is 0.311 e. The molecular formula is C18H19FN2O6. The molecule has 0 saturated heterocycles. The SMILES string of the molecule is COc1ccc(CCNC(=O)COc2cc(F)ccc2[N+](=O)[O-])cc1OC. The number of methoxy groups -OCH3 is 2. The molecular weight excluding hydrogens is 359 g/mol. The summed E-state index contributed by atoms with van der Waals surface area (Å²) in [6.45, 7) is -0.140. The van der Waals surface area contributed by atoms with Crippen molar-refractivity contribution in [1.29, 1.82) is 0 Å². The number of benzene rings is 2. The van der Waals surface area contributed by atoms with E-state index in [1.54, 1.807) is 19.2 Å². The molecule has 2 aromatic carbocycles. The number of rotatable bonds is 9. The molecule has 0 aromatic heterocycles. The summed E-state index contributed by atoms with van der Waals surface area (Å²) in [6.07, 6.45) is 0.534. The van der Waals surface area contributed by atoms with Gasteiger partial charge in [-0.1, -0.05) is 6.07 Å². The van der Waals surface area contributed by atoms with Gasteiger partial charge in [-0.2, -0.15) is 0 Å². The zero-order valence-electron chi connectivity index (χ0n) is 14.9. The summed E-state index contributed by atoms with van der Waals surface area (Å²) in [4.78, 5) is 22.0. The van der Waals surface area contributed by atoms with E-state index >= 15 is 0 Å². The fourth-order valence-electron chi connectivity index (χ4n) is 2.33.